The van der Waals surface area contributed by atoms with Crippen LogP contribution in [-0.2, 0) is 20.7 Å². The molecule has 2 N–H and O–H groups in total. The molecule has 9 nitrogen and oxygen atoms in total. The average Bonchev–Trinajstić information content (AvgIpc) is 3.44. The highest BCUT2D eigenvalue weighted by Gasteiger charge is 2.39. The summed E-state index contributed by atoms with van der Waals surface area (Å²) in [7, 11) is 3.10. The Bertz CT molecular complexity index is 1160. The molecule has 1 aliphatic rings. The quantitative estimate of drug-likeness (QED) is 0.532. The fourth-order valence-corrected chi connectivity index (χ4v) is 3.97. The van der Waals surface area contributed by atoms with Gasteiger partial charge in [-0.3, -0.25) is 4.79 Å². The molecular weight excluding hydrogens is 428 g/mol. The number of carbonyl (C=O) groups excluding carboxylic acids is 1. The van der Waals surface area contributed by atoms with Gasteiger partial charge >= 0.3 is 5.97 Å². The predicted octanol–water partition coefficient (Wildman–Crippen LogP) is 3.19. The van der Waals surface area contributed by atoms with Crippen LogP contribution < -0.4 is 14.8 Å². The first kappa shape index (κ1) is 22.6. The third kappa shape index (κ3) is 4.49. The summed E-state index contributed by atoms with van der Waals surface area (Å²) in [6.45, 7) is 2.17. The van der Waals surface area contributed by atoms with Crippen molar-refractivity contribution in [2.75, 3.05) is 20.8 Å². The van der Waals surface area contributed by atoms with Crippen LogP contribution in [0.3, 0.4) is 0 Å². The summed E-state index contributed by atoms with van der Waals surface area (Å²) >= 11 is 0. The second kappa shape index (κ2) is 9.11. The van der Waals surface area contributed by atoms with Gasteiger partial charge in [-0.25, -0.2) is 9.78 Å². The molecule has 1 aromatic heterocycles. The topological polar surface area (TPSA) is 120 Å². The molecule has 0 aliphatic carbocycles. The molecule has 2 atom stereocenters. The third-order valence-corrected chi connectivity index (χ3v) is 5.84. The molecule has 2 unspecified atom stereocenters. The van der Waals surface area contributed by atoms with Crippen molar-refractivity contribution in [1.29, 1.82) is 0 Å². The van der Waals surface area contributed by atoms with Crippen LogP contribution in [0.2, 0.25) is 0 Å². The maximum absolute atomic E-state index is 12.6. The van der Waals surface area contributed by atoms with Gasteiger partial charge in [-0.05, 0) is 49.6 Å². The van der Waals surface area contributed by atoms with Gasteiger partial charge in [0.25, 0.3) is 5.91 Å². The number of aromatic nitrogens is 1. The van der Waals surface area contributed by atoms with E-state index in [0.29, 0.717) is 52.6 Å². The molecule has 2 aromatic carbocycles. The van der Waals surface area contributed by atoms with Crippen LogP contribution in [0.15, 0.2) is 40.8 Å². The number of rotatable bonds is 8. The van der Waals surface area contributed by atoms with Gasteiger partial charge in [-0.15, -0.1) is 0 Å². The Morgan fingerprint density at radius 1 is 1.21 bits per heavy atom. The molecule has 0 saturated carbocycles. The van der Waals surface area contributed by atoms with E-state index in [-0.39, 0.29) is 6.42 Å². The van der Waals surface area contributed by atoms with Crippen molar-refractivity contribution in [3.05, 3.63) is 42.0 Å². The summed E-state index contributed by atoms with van der Waals surface area (Å²) in [4.78, 5) is 29.0. The number of aliphatic carboxylic acids is 1. The van der Waals surface area contributed by atoms with Crippen molar-refractivity contribution < 1.29 is 33.3 Å². The molecule has 3 aromatic rings. The van der Waals surface area contributed by atoms with E-state index in [1.165, 1.54) is 0 Å². The van der Waals surface area contributed by atoms with Crippen LogP contribution in [0.1, 0.15) is 25.3 Å². The van der Waals surface area contributed by atoms with Crippen molar-refractivity contribution in [2.45, 2.75) is 37.8 Å². The highest BCUT2D eigenvalue weighted by molar-refractivity contribution is 5.89. The molecule has 2 heterocycles. The molecule has 1 saturated heterocycles. The first-order valence-corrected chi connectivity index (χ1v) is 10.6. The minimum Gasteiger partial charge on any atom is -0.496 e. The number of carboxylic acid groups (broad SMARTS) is 1. The smallest absolute Gasteiger partial charge is 0.326 e. The van der Waals surface area contributed by atoms with Crippen molar-refractivity contribution >= 4 is 23.0 Å². The van der Waals surface area contributed by atoms with E-state index in [0.717, 1.165) is 6.42 Å². The number of oxazole rings is 1. The Morgan fingerprint density at radius 3 is 2.55 bits per heavy atom. The number of methoxy groups -OCH3 is 2. The van der Waals surface area contributed by atoms with Gasteiger partial charge in [0, 0.05) is 13.0 Å². The number of ether oxygens (including phenoxy) is 3. The maximum atomic E-state index is 12.6. The number of carbonyl (C=O) groups is 2. The second-order valence-electron chi connectivity index (χ2n) is 8.11. The van der Waals surface area contributed by atoms with Gasteiger partial charge in [0.15, 0.2) is 5.58 Å². The fraction of sp³-hybridized carbons (Fsp3) is 0.375. The molecule has 0 spiro atoms. The number of benzene rings is 2. The van der Waals surface area contributed by atoms with Gasteiger partial charge in [-0.2, -0.15) is 0 Å². The number of nitrogens with one attached hydrogen (secondary N) is 1. The van der Waals surface area contributed by atoms with Gasteiger partial charge in [0.2, 0.25) is 5.89 Å². The summed E-state index contributed by atoms with van der Waals surface area (Å²) in [6, 6.07) is 9.51. The molecule has 9 heteroatoms. The highest BCUT2D eigenvalue weighted by Crippen LogP contribution is 2.39. The SMILES string of the molecule is COc1cccc(OC)c1-c1nc2cc(CC(NC(=O)C3(C)CCCO3)C(=O)O)ccc2o1. The molecule has 174 valence electrons. The standard InChI is InChI=1S/C24H26N2O7/c1-24(10-5-11-32-24)23(29)26-16(22(27)28)13-14-8-9-17-15(12-14)25-21(33-17)20-18(30-2)6-4-7-19(20)31-3/h4,6-9,12,16H,5,10-11,13H2,1-3H3,(H,26,29)(H,27,28). The van der Waals surface area contributed by atoms with Gasteiger partial charge < -0.3 is 29.1 Å². The summed E-state index contributed by atoms with van der Waals surface area (Å²) in [5.41, 5.74) is 1.37. The van der Waals surface area contributed by atoms with Crippen LogP contribution in [0, 0.1) is 0 Å². The summed E-state index contributed by atoms with van der Waals surface area (Å²) in [6.07, 6.45) is 1.42. The number of hydrogen-bond acceptors (Lipinski definition) is 7. The zero-order valence-corrected chi connectivity index (χ0v) is 18.7. The van der Waals surface area contributed by atoms with E-state index < -0.39 is 23.5 Å². The number of amides is 1. The Kier molecular flexibility index (Phi) is 6.24. The van der Waals surface area contributed by atoms with Crippen LogP contribution in [0.5, 0.6) is 11.5 Å². The fourth-order valence-electron chi connectivity index (χ4n) is 3.97. The predicted molar refractivity (Wildman–Crippen MR) is 119 cm³/mol. The van der Waals surface area contributed by atoms with Crippen molar-refractivity contribution in [1.82, 2.24) is 10.3 Å². The average molecular weight is 454 g/mol. The lowest BCUT2D eigenvalue weighted by atomic mass is 10.00. The van der Waals surface area contributed by atoms with Crippen LogP contribution in [0.25, 0.3) is 22.6 Å². The number of fused-ring (bicyclic) bond motifs is 1. The van der Waals surface area contributed by atoms with E-state index in [4.69, 9.17) is 18.6 Å². The molecule has 0 bridgehead atoms. The van der Waals surface area contributed by atoms with Crippen molar-refractivity contribution in [3.63, 3.8) is 0 Å². The number of nitrogens with zero attached hydrogens (tertiary/aromatic N) is 1. The maximum Gasteiger partial charge on any atom is 0.326 e. The molecular formula is C24H26N2O7. The zero-order chi connectivity index (χ0) is 23.6. The number of carboxylic acids is 1. The Hall–Kier alpha value is -3.59. The first-order chi connectivity index (χ1) is 15.8. The lowest BCUT2D eigenvalue weighted by Crippen LogP contribution is -2.51. The van der Waals surface area contributed by atoms with Gasteiger partial charge in [0.05, 0.1) is 14.2 Å². The minimum absolute atomic E-state index is 0.0905. The summed E-state index contributed by atoms with van der Waals surface area (Å²) in [5.74, 6) is -0.106. The van der Waals surface area contributed by atoms with E-state index in [1.54, 1.807) is 57.5 Å². The van der Waals surface area contributed by atoms with E-state index in [1.807, 2.05) is 0 Å². The Labute approximate surface area is 190 Å². The lowest BCUT2D eigenvalue weighted by molar-refractivity contribution is -0.147. The van der Waals surface area contributed by atoms with Crippen LogP contribution in [-0.4, -0.2) is 54.4 Å². The molecule has 33 heavy (non-hydrogen) atoms. The first-order valence-electron chi connectivity index (χ1n) is 10.6. The summed E-state index contributed by atoms with van der Waals surface area (Å²) in [5, 5.41) is 12.3. The molecule has 1 aliphatic heterocycles. The monoisotopic (exact) mass is 454 g/mol. The second-order valence-corrected chi connectivity index (χ2v) is 8.11. The minimum atomic E-state index is -1.12. The van der Waals surface area contributed by atoms with Crippen molar-refractivity contribution in [2.24, 2.45) is 0 Å². The normalized spacial score (nSPS) is 18.8. The Morgan fingerprint density at radius 2 is 1.94 bits per heavy atom. The zero-order valence-electron chi connectivity index (χ0n) is 18.7. The van der Waals surface area contributed by atoms with Crippen LogP contribution in [0.4, 0.5) is 0 Å². The third-order valence-electron chi connectivity index (χ3n) is 5.84. The lowest BCUT2D eigenvalue weighted by Gasteiger charge is -2.24. The van der Waals surface area contributed by atoms with E-state index in [2.05, 4.69) is 10.3 Å². The molecule has 1 amide bonds. The van der Waals surface area contributed by atoms with Crippen LogP contribution >= 0.6 is 0 Å². The largest absolute Gasteiger partial charge is 0.496 e. The van der Waals surface area contributed by atoms with E-state index >= 15 is 0 Å². The van der Waals surface area contributed by atoms with E-state index in [9.17, 15) is 14.7 Å². The number of hydrogen-bond donors (Lipinski definition) is 2. The van der Waals surface area contributed by atoms with Gasteiger partial charge in [0.1, 0.15) is 34.2 Å². The highest BCUT2D eigenvalue weighted by atomic mass is 16.5. The molecule has 4 rings (SSSR count). The molecule has 1 fully saturated rings. The van der Waals surface area contributed by atoms with Crippen molar-refractivity contribution in [3.8, 4) is 23.0 Å². The molecule has 0 radical (unpaired) electrons. The summed E-state index contributed by atoms with van der Waals surface area (Å²) < 4.78 is 22.3. The Balaban J connectivity index is 1.59. The van der Waals surface area contributed by atoms with Gasteiger partial charge in [-0.1, -0.05) is 12.1 Å².